The number of carbonyl (C=O) groups excluding carboxylic acids is 1. The van der Waals surface area contributed by atoms with E-state index < -0.39 is 5.97 Å². The van der Waals surface area contributed by atoms with Gasteiger partial charge in [-0.3, -0.25) is 0 Å². The standard InChI is InChI=1S/C17H20N2O3/c1-2-11-19(15-5-3-4-6-15)17(22)18-12-13-7-9-14(10-8-13)16(20)21/h1,7-10,15H,3-6,11-12H2,(H,18,22)(H,20,21). The van der Waals surface area contributed by atoms with Crippen LogP contribution in [-0.2, 0) is 6.54 Å². The molecule has 0 heterocycles. The van der Waals surface area contributed by atoms with Gasteiger partial charge in [0.1, 0.15) is 0 Å². The largest absolute Gasteiger partial charge is 0.478 e. The van der Waals surface area contributed by atoms with Crippen molar-refractivity contribution in [1.29, 1.82) is 0 Å². The van der Waals surface area contributed by atoms with Crippen LogP contribution >= 0.6 is 0 Å². The van der Waals surface area contributed by atoms with Crippen molar-refractivity contribution in [2.45, 2.75) is 38.3 Å². The van der Waals surface area contributed by atoms with Gasteiger partial charge in [0.25, 0.3) is 0 Å². The predicted octanol–water partition coefficient (Wildman–Crippen LogP) is 2.47. The molecule has 1 fully saturated rings. The highest BCUT2D eigenvalue weighted by Crippen LogP contribution is 2.23. The summed E-state index contributed by atoms with van der Waals surface area (Å²) in [5, 5.41) is 11.7. The van der Waals surface area contributed by atoms with Gasteiger partial charge in [0.2, 0.25) is 0 Å². The molecule has 1 aliphatic rings. The highest BCUT2D eigenvalue weighted by molar-refractivity contribution is 5.87. The maximum absolute atomic E-state index is 12.3. The van der Waals surface area contributed by atoms with E-state index in [1.165, 1.54) is 12.1 Å². The Labute approximate surface area is 130 Å². The van der Waals surface area contributed by atoms with Crippen LogP contribution in [0.4, 0.5) is 4.79 Å². The first-order valence-electron chi connectivity index (χ1n) is 7.42. The number of carboxylic acid groups (broad SMARTS) is 1. The minimum atomic E-state index is -0.961. The van der Waals surface area contributed by atoms with Crippen molar-refractivity contribution in [2.24, 2.45) is 0 Å². The lowest BCUT2D eigenvalue weighted by molar-refractivity contribution is 0.0697. The molecule has 0 atom stereocenters. The molecule has 0 radical (unpaired) electrons. The summed E-state index contributed by atoms with van der Waals surface area (Å²) in [5.74, 6) is 1.58. The summed E-state index contributed by atoms with van der Waals surface area (Å²) < 4.78 is 0. The molecule has 2 rings (SSSR count). The summed E-state index contributed by atoms with van der Waals surface area (Å²) in [6, 6.07) is 6.52. The fraction of sp³-hybridized carbons (Fsp3) is 0.412. The highest BCUT2D eigenvalue weighted by Gasteiger charge is 2.25. The molecule has 0 unspecified atom stereocenters. The Morgan fingerprint density at radius 1 is 1.27 bits per heavy atom. The second-order valence-corrected chi connectivity index (χ2v) is 5.43. The fourth-order valence-corrected chi connectivity index (χ4v) is 2.73. The average molecular weight is 300 g/mol. The van der Waals surface area contributed by atoms with Crippen molar-refractivity contribution >= 4 is 12.0 Å². The van der Waals surface area contributed by atoms with Gasteiger partial charge < -0.3 is 15.3 Å². The SMILES string of the molecule is C#CCN(C(=O)NCc1ccc(C(=O)O)cc1)C1CCCC1. The minimum Gasteiger partial charge on any atom is -0.478 e. The van der Waals surface area contributed by atoms with Crippen molar-refractivity contribution in [3.8, 4) is 12.3 Å². The number of aromatic carboxylic acids is 1. The zero-order valence-corrected chi connectivity index (χ0v) is 12.4. The third kappa shape index (κ3) is 4.01. The van der Waals surface area contributed by atoms with Crippen molar-refractivity contribution in [3.05, 3.63) is 35.4 Å². The number of urea groups is 1. The van der Waals surface area contributed by atoms with E-state index >= 15 is 0 Å². The van der Waals surface area contributed by atoms with Crippen LogP contribution in [-0.4, -0.2) is 34.6 Å². The van der Waals surface area contributed by atoms with Crippen molar-refractivity contribution in [3.63, 3.8) is 0 Å². The lowest BCUT2D eigenvalue weighted by Gasteiger charge is -2.27. The van der Waals surface area contributed by atoms with Gasteiger partial charge in [-0.05, 0) is 30.5 Å². The highest BCUT2D eigenvalue weighted by atomic mass is 16.4. The van der Waals surface area contributed by atoms with Gasteiger partial charge in [0.05, 0.1) is 12.1 Å². The lowest BCUT2D eigenvalue weighted by atomic mass is 10.1. The fourth-order valence-electron chi connectivity index (χ4n) is 2.73. The van der Waals surface area contributed by atoms with E-state index in [4.69, 9.17) is 11.5 Å². The molecular formula is C17H20N2O3. The van der Waals surface area contributed by atoms with E-state index in [1.54, 1.807) is 17.0 Å². The first kappa shape index (κ1) is 15.9. The van der Waals surface area contributed by atoms with Gasteiger partial charge in [-0.2, -0.15) is 0 Å². The number of amides is 2. The van der Waals surface area contributed by atoms with E-state index in [-0.39, 0.29) is 17.6 Å². The van der Waals surface area contributed by atoms with Gasteiger partial charge in [-0.25, -0.2) is 9.59 Å². The van der Waals surface area contributed by atoms with Gasteiger partial charge in [-0.15, -0.1) is 6.42 Å². The molecular weight excluding hydrogens is 280 g/mol. The maximum atomic E-state index is 12.3. The van der Waals surface area contributed by atoms with Crippen LogP contribution in [0, 0.1) is 12.3 Å². The summed E-state index contributed by atoms with van der Waals surface area (Å²) in [7, 11) is 0. The molecule has 116 valence electrons. The third-order valence-electron chi connectivity index (χ3n) is 3.93. The van der Waals surface area contributed by atoms with Crippen LogP contribution in [0.1, 0.15) is 41.6 Å². The van der Waals surface area contributed by atoms with E-state index in [2.05, 4.69) is 11.2 Å². The Balaban J connectivity index is 1.92. The Hall–Kier alpha value is -2.48. The number of rotatable bonds is 5. The Bertz CT molecular complexity index is 569. The number of nitrogens with one attached hydrogen (secondary N) is 1. The zero-order valence-electron chi connectivity index (χ0n) is 12.4. The molecule has 5 heteroatoms. The normalized spacial score (nSPS) is 14.3. The monoisotopic (exact) mass is 300 g/mol. The topological polar surface area (TPSA) is 69.6 Å². The average Bonchev–Trinajstić information content (AvgIpc) is 3.04. The van der Waals surface area contributed by atoms with Gasteiger partial charge in [0.15, 0.2) is 0 Å². The number of nitrogens with zero attached hydrogens (tertiary/aromatic N) is 1. The van der Waals surface area contributed by atoms with E-state index in [1.807, 2.05) is 0 Å². The smallest absolute Gasteiger partial charge is 0.335 e. The summed E-state index contributed by atoms with van der Waals surface area (Å²) >= 11 is 0. The molecule has 22 heavy (non-hydrogen) atoms. The van der Waals surface area contributed by atoms with Crippen LogP contribution in [0.2, 0.25) is 0 Å². The van der Waals surface area contributed by atoms with Gasteiger partial charge in [0, 0.05) is 12.6 Å². The number of benzene rings is 1. The molecule has 0 aromatic heterocycles. The summed E-state index contributed by atoms with van der Waals surface area (Å²) in [6.07, 6.45) is 9.63. The predicted molar refractivity (Wildman–Crippen MR) is 83.4 cm³/mol. The number of carboxylic acids is 1. The molecule has 2 N–H and O–H groups in total. The maximum Gasteiger partial charge on any atom is 0.335 e. The number of terminal acetylenes is 1. The number of carbonyl (C=O) groups is 2. The number of hydrogen-bond donors (Lipinski definition) is 2. The Morgan fingerprint density at radius 3 is 2.45 bits per heavy atom. The van der Waals surface area contributed by atoms with Crippen LogP contribution in [0.3, 0.4) is 0 Å². The van der Waals surface area contributed by atoms with Gasteiger partial charge >= 0.3 is 12.0 Å². The molecule has 0 bridgehead atoms. The van der Waals surface area contributed by atoms with Crippen molar-refractivity contribution in [1.82, 2.24) is 10.2 Å². The molecule has 1 aromatic carbocycles. The molecule has 1 aliphatic carbocycles. The Kier molecular flexibility index (Phi) is 5.42. The van der Waals surface area contributed by atoms with Crippen LogP contribution in [0.5, 0.6) is 0 Å². The molecule has 0 aliphatic heterocycles. The third-order valence-corrected chi connectivity index (χ3v) is 3.93. The Morgan fingerprint density at radius 2 is 1.91 bits per heavy atom. The van der Waals surface area contributed by atoms with Crippen LogP contribution in [0.25, 0.3) is 0 Å². The molecule has 0 saturated heterocycles. The second kappa shape index (κ2) is 7.51. The summed E-state index contributed by atoms with van der Waals surface area (Å²) in [4.78, 5) is 24.8. The molecule has 0 spiro atoms. The van der Waals surface area contributed by atoms with Crippen LogP contribution < -0.4 is 5.32 Å². The quantitative estimate of drug-likeness (QED) is 0.821. The minimum absolute atomic E-state index is 0.160. The molecule has 1 aromatic rings. The van der Waals surface area contributed by atoms with Gasteiger partial charge in [-0.1, -0.05) is 30.9 Å². The molecule has 5 nitrogen and oxygen atoms in total. The molecule has 1 saturated carbocycles. The summed E-state index contributed by atoms with van der Waals surface area (Å²) in [5.41, 5.74) is 1.08. The zero-order chi connectivity index (χ0) is 15.9. The second-order valence-electron chi connectivity index (χ2n) is 5.43. The lowest BCUT2D eigenvalue weighted by Crippen LogP contribution is -2.45. The van der Waals surface area contributed by atoms with Crippen molar-refractivity contribution < 1.29 is 14.7 Å². The first-order chi connectivity index (χ1) is 10.6. The molecule has 2 amide bonds. The van der Waals surface area contributed by atoms with E-state index in [9.17, 15) is 9.59 Å². The van der Waals surface area contributed by atoms with E-state index in [0.717, 1.165) is 31.2 Å². The summed E-state index contributed by atoms with van der Waals surface area (Å²) in [6.45, 7) is 0.668. The van der Waals surface area contributed by atoms with Crippen LogP contribution in [0.15, 0.2) is 24.3 Å². The first-order valence-corrected chi connectivity index (χ1v) is 7.42. The number of hydrogen-bond acceptors (Lipinski definition) is 2. The van der Waals surface area contributed by atoms with E-state index in [0.29, 0.717) is 13.1 Å². The van der Waals surface area contributed by atoms with Crippen molar-refractivity contribution in [2.75, 3.05) is 6.54 Å².